The highest BCUT2D eigenvalue weighted by Crippen LogP contribution is 2.19. The molecule has 1 rings (SSSR count). The van der Waals surface area contributed by atoms with E-state index in [0.717, 1.165) is 32.6 Å². The Bertz CT molecular complexity index is 175. The molecule has 0 radical (unpaired) electrons. The van der Waals surface area contributed by atoms with Gasteiger partial charge >= 0.3 is 0 Å². The number of hydrogen-bond donors (Lipinski definition) is 1. The van der Waals surface area contributed by atoms with Gasteiger partial charge in [0.25, 0.3) is 0 Å². The van der Waals surface area contributed by atoms with Crippen molar-refractivity contribution in [3.63, 3.8) is 0 Å². The average Bonchev–Trinajstić information content (AvgIpc) is 2.28. The molecule has 1 aliphatic rings. The molecule has 0 amide bonds. The van der Waals surface area contributed by atoms with E-state index in [4.69, 9.17) is 14.2 Å². The predicted octanol–water partition coefficient (Wildman–Crippen LogP) is 1.54. The molecule has 0 aromatic heterocycles. The molecule has 4 heteroatoms. The van der Waals surface area contributed by atoms with Gasteiger partial charge in [0.05, 0.1) is 0 Å². The van der Waals surface area contributed by atoms with Crippen molar-refractivity contribution in [1.29, 1.82) is 0 Å². The first-order valence-electron chi connectivity index (χ1n) is 6.26. The van der Waals surface area contributed by atoms with Crippen LogP contribution in [-0.2, 0) is 14.2 Å². The van der Waals surface area contributed by atoms with Crippen LogP contribution in [0.3, 0.4) is 0 Å². The topological polar surface area (TPSA) is 39.7 Å². The van der Waals surface area contributed by atoms with E-state index in [1.54, 1.807) is 0 Å². The summed E-state index contributed by atoms with van der Waals surface area (Å²) in [5.74, 6) is 0. The molecule has 16 heavy (non-hydrogen) atoms. The Balaban J connectivity index is 2.28. The average molecular weight is 231 g/mol. The first-order valence-corrected chi connectivity index (χ1v) is 6.26. The maximum atomic E-state index is 5.50. The molecule has 0 aliphatic carbocycles. The van der Waals surface area contributed by atoms with Gasteiger partial charge in [-0.2, -0.15) is 0 Å². The third-order valence-corrected chi connectivity index (χ3v) is 3.00. The van der Waals surface area contributed by atoms with E-state index in [2.05, 4.69) is 12.2 Å². The Morgan fingerprint density at radius 2 is 1.75 bits per heavy atom. The fraction of sp³-hybridized carbons (Fsp3) is 1.00. The molecule has 1 saturated heterocycles. The summed E-state index contributed by atoms with van der Waals surface area (Å²) in [6, 6.07) is 0. The van der Waals surface area contributed by atoms with Crippen LogP contribution in [-0.4, -0.2) is 44.8 Å². The van der Waals surface area contributed by atoms with Crippen LogP contribution < -0.4 is 5.32 Å². The van der Waals surface area contributed by atoms with Crippen LogP contribution in [0.5, 0.6) is 0 Å². The third kappa shape index (κ3) is 4.78. The third-order valence-electron chi connectivity index (χ3n) is 3.00. The summed E-state index contributed by atoms with van der Waals surface area (Å²) < 4.78 is 16.4. The van der Waals surface area contributed by atoms with Gasteiger partial charge in [0.15, 0.2) is 6.29 Å². The van der Waals surface area contributed by atoms with Gasteiger partial charge in [-0.25, -0.2) is 0 Å². The largest absolute Gasteiger partial charge is 0.381 e. The zero-order valence-electron chi connectivity index (χ0n) is 10.8. The summed E-state index contributed by atoms with van der Waals surface area (Å²) in [6.07, 6.45) is 1.98. The second-order valence-corrected chi connectivity index (χ2v) is 4.39. The molecule has 0 aromatic rings. The Labute approximate surface area is 98.6 Å². The lowest BCUT2D eigenvalue weighted by Gasteiger charge is -2.35. The van der Waals surface area contributed by atoms with E-state index in [0.29, 0.717) is 13.2 Å². The molecule has 1 heterocycles. The van der Waals surface area contributed by atoms with Crippen molar-refractivity contribution in [2.75, 3.05) is 33.0 Å². The molecule has 0 saturated carbocycles. The van der Waals surface area contributed by atoms with E-state index >= 15 is 0 Å². The van der Waals surface area contributed by atoms with Crippen molar-refractivity contribution in [2.45, 2.75) is 45.4 Å². The molecule has 0 unspecified atom stereocenters. The molecule has 0 aromatic carbocycles. The lowest BCUT2D eigenvalue weighted by Crippen LogP contribution is -2.50. The van der Waals surface area contributed by atoms with Gasteiger partial charge in [-0.15, -0.1) is 0 Å². The molecule has 1 N–H and O–H groups in total. The van der Waals surface area contributed by atoms with E-state index in [9.17, 15) is 0 Å². The normalized spacial score (nSPS) is 20.2. The summed E-state index contributed by atoms with van der Waals surface area (Å²) in [4.78, 5) is 0. The highest BCUT2D eigenvalue weighted by atomic mass is 16.7. The first-order chi connectivity index (χ1) is 7.70. The summed E-state index contributed by atoms with van der Waals surface area (Å²) in [5, 5.41) is 3.54. The Kier molecular flexibility index (Phi) is 6.28. The molecule has 0 bridgehead atoms. The minimum absolute atomic E-state index is 0.130. The van der Waals surface area contributed by atoms with Gasteiger partial charge in [0.1, 0.15) is 0 Å². The van der Waals surface area contributed by atoms with Gasteiger partial charge in [-0.05, 0) is 33.6 Å². The molecule has 96 valence electrons. The lowest BCUT2D eigenvalue weighted by molar-refractivity contribution is -0.136. The number of rotatable bonds is 7. The first kappa shape index (κ1) is 13.9. The molecule has 4 nitrogen and oxygen atoms in total. The summed E-state index contributed by atoms with van der Waals surface area (Å²) in [6.45, 7) is 10.0. The molecular weight excluding hydrogens is 206 g/mol. The standard InChI is InChI=1S/C12H25NO3/c1-4-15-11(16-5-2)10-13-12(3)6-8-14-9-7-12/h11,13H,4-10H2,1-3H3. The van der Waals surface area contributed by atoms with Crippen LogP contribution in [0, 0.1) is 0 Å². The number of hydrogen-bond acceptors (Lipinski definition) is 4. The molecule has 1 fully saturated rings. The van der Waals surface area contributed by atoms with Gasteiger partial charge < -0.3 is 19.5 Å². The van der Waals surface area contributed by atoms with E-state index in [1.165, 1.54) is 0 Å². The zero-order valence-corrected chi connectivity index (χ0v) is 10.8. The van der Waals surface area contributed by atoms with Gasteiger partial charge in [-0.1, -0.05) is 0 Å². The maximum absolute atomic E-state index is 5.50. The van der Waals surface area contributed by atoms with Crippen molar-refractivity contribution >= 4 is 0 Å². The van der Waals surface area contributed by atoms with E-state index < -0.39 is 0 Å². The van der Waals surface area contributed by atoms with Crippen molar-refractivity contribution in [3.05, 3.63) is 0 Å². The van der Waals surface area contributed by atoms with Crippen LogP contribution in [0.2, 0.25) is 0 Å². The van der Waals surface area contributed by atoms with Crippen LogP contribution in [0.25, 0.3) is 0 Å². The fourth-order valence-electron chi connectivity index (χ4n) is 1.87. The SMILES string of the molecule is CCOC(CNC1(C)CCOCC1)OCC. The maximum Gasteiger partial charge on any atom is 0.169 e. The minimum Gasteiger partial charge on any atom is -0.381 e. The van der Waals surface area contributed by atoms with Crippen LogP contribution in [0.15, 0.2) is 0 Å². The highest BCUT2D eigenvalue weighted by molar-refractivity contribution is 4.85. The Morgan fingerprint density at radius 3 is 2.25 bits per heavy atom. The smallest absolute Gasteiger partial charge is 0.169 e. The van der Waals surface area contributed by atoms with Crippen molar-refractivity contribution in [2.24, 2.45) is 0 Å². The number of ether oxygens (including phenoxy) is 3. The quantitative estimate of drug-likeness (QED) is 0.675. The second-order valence-electron chi connectivity index (χ2n) is 4.39. The fourth-order valence-corrected chi connectivity index (χ4v) is 1.87. The summed E-state index contributed by atoms with van der Waals surface area (Å²) in [7, 11) is 0. The lowest BCUT2D eigenvalue weighted by atomic mass is 9.92. The van der Waals surface area contributed by atoms with E-state index in [1.807, 2.05) is 13.8 Å². The monoisotopic (exact) mass is 231 g/mol. The van der Waals surface area contributed by atoms with Crippen LogP contribution >= 0.6 is 0 Å². The predicted molar refractivity (Wildman–Crippen MR) is 63.5 cm³/mol. The molecular formula is C12H25NO3. The van der Waals surface area contributed by atoms with Crippen molar-refractivity contribution < 1.29 is 14.2 Å². The molecule has 1 aliphatic heterocycles. The van der Waals surface area contributed by atoms with Crippen molar-refractivity contribution in [1.82, 2.24) is 5.32 Å². The van der Waals surface area contributed by atoms with Gasteiger partial charge in [-0.3, -0.25) is 0 Å². The second kappa shape index (κ2) is 7.22. The Morgan fingerprint density at radius 1 is 1.19 bits per heavy atom. The van der Waals surface area contributed by atoms with Crippen molar-refractivity contribution in [3.8, 4) is 0 Å². The Hall–Kier alpha value is -0.160. The summed E-state index contributed by atoms with van der Waals surface area (Å²) in [5.41, 5.74) is 0.171. The van der Waals surface area contributed by atoms with Gasteiger partial charge in [0, 0.05) is 38.5 Å². The zero-order chi connectivity index (χ0) is 11.9. The highest BCUT2D eigenvalue weighted by Gasteiger charge is 2.27. The van der Waals surface area contributed by atoms with Crippen LogP contribution in [0.4, 0.5) is 0 Å². The minimum atomic E-state index is -0.130. The molecule has 0 spiro atoms. The molecule has 0 atom stereocenters. The van der Waals surface area contributed by atoms with Gasteiger partial charge in [0.2, 0.25) is 0 Å². The number of nitrogens with one attached hydrogen (secondary N) is 1. The van der Waals surface area contributed by atoms with Crippen LogP contribution in [0.1, 0.15) is 33.6 Å². The summed E-state index contributed by atoms with van der Waals surface area (Å²) >= 11 is 0. The van der Waals surface area contributed by atoms with E-state index in [-0.39, 0.29) is 11.8 Å².